The first-order chi connectivity index (χ1) is 10.5. The maximum absolute atomic E-state index is 12.3. The molecular weight excluding hydrogens is 406 g/mol. The Hall–Kier alpha value is -0.700. The van der Waals surface area contributed by atoms with Gasteiger partial charge in [-0.25, -0.2) is 0 Å². The second-order valence-corrected chi connectivity index (χ2v) is 8.85. The molecule has 0 saturated carbocycles. The van der Waals surface area contributed by atoms with E-state index in [-0.39, 0.29) is 12.3 Å². The number of carbonyl (C=O) groups excluding carboxylic acids is 1. The molecule has 1 aromatic rings. The van der Waals surface area contributed by atoms with E-state index in [0.717, 1.165) is 21.5 Å². The van der Waals surface area contributed by atoms with Crippen LogP contribution in [0.4, 0.5) is 0 Å². The van der Waals surface area contributed by atoms with Gasteiger partial charge in [0.05, 0.1) is 8.69 Å². The van der Waals surface area contributed by atoms with Gasteiger partial charge in [0.2, 0.25) is 0 Å². The highest BCUT2D eigenvalue weighted by Gasteiger charge is 2.31. The van der Waals surface area contributed by atoms with Crippen molar-refractivity contribution in [1.82, 2.24) is 4.90 Å². The van der Waals surface area contributed by atoms with Gasteiger partial charge in [-0.1, -0.05) is 30.4 Å². The molecule has 1 amide bonds. The molecule has 0 aliphatic carbocycles. The molecule has 0 spiro atoms. The number of thiophene rings is 1. The number of halogens is 1. The Labute approximate surface area is 150 Å². The molecule has 0 atom stereocenters. The molecule has 1 aromatic heterocycles. The molecule has 2 heterocycles. The molecule has 1 saturated heterocycles. The SMILES string of the molecule is O=C(O)CCCCCN1C(=O)/C(=C\c2ccc(Br)s2)SC1=S. The first-order valence-corrected chi connectivity index (χ1v) is 9.53. The first kappa shape index (κ1) is 17.7. The van der Waals surface area contributed by atoms with Gasteiger partial charge in [-0.2, -0.15) is 0 Å². The maximum atomic E-state index is 12.3. The highest BCUT2D eigenvalue weighted by Crippen LogP contribution is 2.34. The molecule has 22 heavy (non-hydrogen) atoms. The van der Waals surface area contributed by atoms with E-state index in [4.69, 9.17) is 17.3 Å². The number of hydrogen-bond acceptors (Lipinski definition) is 5. The third-order valence-corrected chi connectivity index (χ3v) is 5.96. The van der Waals surface area contributed by atoms with Crippen molar-refractivity contribution in [3.63, 3.8) is 0 Å². The quantitative estimate of drug-likeness (QED) is 0.404. The standard InChI is InChI=1S/C14H14BrNO3S3/c15-11-6-5-9(21-11)8-10-13(19)16(14(20)22-10)7-3-1-2-4-12(17)18/h5-6,8H,1-4,7H2,(H,17,18)/b10-8+. The van der Waals surface area contributed by atoms with Crippen LogP contribution in [0, 0.1) is 0 Å². The lowest BCUT2D eigenvalue weighted by atomic mass is 10.2. The number of unbranched alkanes of at least 4 members (excludes halogenated alkanes) is 2. The number of hydrogen-bond donors (Lipinski definition) is 1. The van der Waals surface area contributed by atoms with Gasteiger partial charge in [0.25, 0.3) is 5.91 Å². The van der Waals surface area contributed by atoms with E-state index in [1.807, 2.05) is 18.2 Å². The van der Waals surface area contributed by atoms with E-state index in [0.29, 0.717) is 22.2 Å². The zero-order valence-corrected chi connectivity index (χ0v) is 15.6. The zero-order chi connectivity index (χ0) is 16.1. The lowest BCUT2D eigenvalue weighted by Crippen LogP contribution is -2.29. The number of thioether (sulfide) groups is 1. The number of amides is 1. The van der Waals surface area contributed by atoms with Gasteiger partial charge in [0.15, 0.2) is 0 Å². The lowest BCUT2D eigenvalue weighted by molar-refractivity contribution is -0.137. The van der Waals surface area contributed by atoms with Crippen LogP contribution in [-0.2, 0) is 9.59 Å². The predicted octanol–water partition coefficient (Wildman–Crippen LogP) is 4.36. The van der Waals surface area contributed by atoms with Gasteiger partial charge in [0, 0.05) is 17.8 Å². The topological polar surface area (TPSA) is 57.6 Å². The summed E-state index contributed by atoms with van der Waals surface area (Å²) in [6.45, 7) is 0.551. The number of carboxylic acid groups (broad SMARTS) is 1. The van der Waals surface area contributed by atoms with Gasteiger partial charge in [0.1, 0.15) is 4.32 Å². The molecule has 0 unspecified atom stereocenters. The van der Waals surface area contributed by atoms with Crippen LogP contribution in [0.25, 0.3) is 6.08 Å². The molecule has 0 aromatic carbocycles. The van der Waals surface area contributed by atoms with E-state index in [1.54, 1.807) is 16.2 Å². The van der Waals surface area contributed by atoms with Crippen LogP contribution in [-0.4, -0.2) is 32.7 Å². The Balaban J connectivity index is 1.89. The van der Waals surface area contributed by atoms with Gasteiger partial charge in [-0.05, 0) is 47.0 Å². The number of carbonyl (C=O) groups is 2. The fourth-order valence-corrected chi connectivity index (χ4v) is 4.69. The van der Waals surface area contributed by atoms with E-state index < -0.39 is 5.97 Å². The largest absolute Gasteiger partial charge is 0.481 e. The van der Waals surface area contributed by atoms with Crippen molar-refractivity contribution in [2.24, 2.45) is 0 Å². The van der Waals surface area contributed by atoms with E-state index in [2.05, 4.69) is 15.9 Å². The summed E-state index contributed by atoms with van der Waals surface area (Å²) in [5, 5.41) is 8.59. The molecule has 2 rings (SSSR count). The van der Waals surface area contributed by atoms with Crippen LogP contribution in [0.15, 0.2) is 20.8 Å². The number of thiocarbonyl (C=S) groups is 1. The Morgan fingerprint density at radius 1 is 1.36 bits per heavy atom. The van der Waals surface area contributed by atoms with Crippen LogP contribution in [0.3, 0.4) is 0 Å². The van der Waals surface area contributed by atoms with Crippen molar-refractivity contribution in [1.29, 1.82) is 0 Å². The number of carboxylic acids is 1. The highest BCUT2D eigenvalue weighted by molar-refractivity contribution is 9.11. The van der Waals surface area contributed by atoms with Crippen molar-refractivity contribution in [3.8, 4) is 0 Å². The van der Waals surface area contributed by atoms with Crippen molar-refractivity contribution in [2.45, 2.75) is 25.7 Å². The summed E-state index contributed by atoms with van der Waals surface area (Å²) in [5.41, 5.74) is 0. The minimum absolute atomic E-state index is 0.0576. The average molecular weight is 420 g/mol. The number of rotatable bonds is 7. The van der Waals surface area contributed by atoms with Crippen LogP contribution in [0.5, 0.6) is 0 Å². The van der Waals surface area contributed by atoms with Crippen LogP contribution in [0.1, 0.15) is 30.6 Å². The zero-order valence-electron chi connectivity index (χ0n) is 11.6. The maximum Gasteiger partial charge on any atom is 0.303 e. The Kier molecular flexibility index (Phi) is 6.61. The van der Waals surface area contributed by atoms with Gasteiger partial charge >= 0.3 is 5.97 Å². The highest BCUT2D eigenvalue weighted by atomic mass is 79.9. The molecule has 8 heteroatoms. The van der Waals surface area contributed by atoms with Crippen LogP contribution >= 0.6 is 51.2 Å². The summed E-state index contributed by atoms with van der Waals surface area (Å²) in [6.07, 6.45) is 4.20. The molecule has 1 aliphatic rings. The molecule has 0 radical (unpaired) electrons. The predicted molar refractivity (Wildman–Crippen MR) is 98.0 cm³/mol. The van der Waals surface area contributed by atoms with Crippen molar-refractivity contribution >= 4 is 73.5 Å². The van der Waals surface area contributed by atoms with Crippen molar-refractivity contribution in [3.05, 3.63) is 25.7 Å². The Bertz CT molecular complexity index is 627. The fraction of sp³-hybridized carbons (Fsp3) is 0.357. The smallest absolute Gasteiger partial charge is 0.303 e. The first-order valence-electron chi connectivity index (χ1n) is 6.70. The summed E-state index contributed by atoms with van der Waals surface area (Å²) in [7, 11) is 0. The third-order valence-electron chi connectivity index (χ3n) is 3.01. The second kappa shape index (κ2) is 8.24. The monoisotopic (exact) mass is 419 g/mol. The van der Waals surface area contributed by atoms with Crippen LogP contribution in [0.2, 0.25) is 0 Å². The average Bonchev–Trinajstić information content (AvgIpc) is 2.96. The molecular formula is C14H14BrNO3S3. The summed E-state index contributed by atoms with van der Waals surface area (Å²) >= 11 is 11.5. The Morgan fingerprint density at radius 3 is 2.77 bits per heavy atom. The van der Waals surface area contributed by atoms with Crippen LogP contribution < -0.4 is 0 Å². The third kappa shape index (κ3) is 4.91. The molecule has 0 bridgehead atoms. The van der Waals surface area contributed by atoms with E-state index in [1.165, 1.54) is 11.8 Å². The molecule has 4 nitrogen and oxygen atoms in total. The minimum Gasteiger partial charge on any atom is -0.481 e. The van der Waals surface area contributed by atoms with Gasteiger partial charge in [-0.15, -0.1) is 11.3 Å². The molecule has 1 aliphatic heterocycles. The minimum atomic E-state index is -0.782. The second-order valence-electron chi connectivity index (χ2n) is 4.68. The summed E-state index contributed by atoms with van der Waals surface area (Å²) in [5.74, 6) is -0.839. The molecule has 1 fully saturated rings. The van der Waals surface area contributed by atoms with Crippen molar-refractivity contribution < 1.29 is 14.7 Å². The fourth-order valence-electron chi connectivity index (χ4n) is 1.95. The van der Waals surface area contributed by atoms with E-state index in [9.17, 15) is 9.59 Å². The van der Waals surface area contributed by atoms with Gasteiger partial charge in [-0.3, -0.25) is 14.5 Å². The lowest BCUT2D eigenvalue weighted by Gasteiger charge is -2.13. The Morgan fingerprint density at radius 2 is 2.14 bits per heavy atom. The molecule has 1 N–H and O–H groups in total. The summed E-state index contributed by atoms with van der Waals surface area (Å²) < 4.78 is 1.60. The van der Waals surface area contributed by atoms with Crippen molar-refractivity contribution in [2.75, 3.05) is 6.54 Å². The molecule has 118 valence electrons. The number of aliphatic carboxylic acids is 1. The van der Waals surface area contributed by atoms with Gasteiger partial charge < -0.3 is 5.11 Å². The number of nitrogens with zero attached hydrogens (tertiary/aromatic N) is 1. The normalized spacial score (nSPS) is 16.8. The van der Waals surface area contributed by atoms with E-state index >= 15 is 0 Å². The summed E-state index contributed by atoms with van der Waals surface area (Å²) in [4.78, 5) is 26.0. The summed E-state index contributed by atoms with van der Waals surface area (Å²) in [6, 6.07) is 3.90.